The number of amides is 1. The van der Waals surface area contributed by atoms with Crippen LogP contribution < -0.4 is 16.0 Å². The first-order chi connectivity index (χ1) is 11.7. The van der Waals surface area contributed by atoms with Crippen LogP contribution in [0.1, 0.15) is 24.8 Å². The van der Waals surface area contributed by atoms with Crippen molar-refractivity contribution >= 4 is 35.8 Å². The monoisotopic (exact) mass is 458 g/mol. The minimum atomic E-state index is -0.0296. The average molecular weight is 458 g/mol. The van der Waals surface area contributed by atoms with Crippen molar-refractivity contribution < 1.29 is 9.53 Å². The molecule has 25 heavy (non-hydrogen) atoms. The van der Waals surface area contributed by atoms with E-state index < -0.39 is 0 Å². The fourth-order valence-electron chi connectivity index (χ4n) is 3.38. The highest BCUT2D eigenvalue weighted by molar-refractivity contribution is 14.0. The van der Waals surface area contributed by atoms with Crippen LogP contribution in [0.3, 0.4) is 0 Å². The number of ether oxygens (including phenoxy) is 1. The molecule has 3 rings (SSSR count). The Hall–Kier alpha value is -1.35. The summed E-state index contributed by atoms with van der Waals surface area (Å²) < 4.78 is 5.83. The van der Waals surface area contributed by atoms with Gasteiger partial charge in [0.05, 0.1) is 24.8 Å². The normalized spacial score (nSPS) is 24.5. The second-order valence-corrected chi connectivity index (χ2v) is 6.37. The van der Waals surface area contributed by atoms with Crippen LogP contribution >= 0.6 is 24.0 Å². The fourth-order valence-corrected chi connectivity index (χ4v) is 3.38. The van der Waals surface area contributed by atoms with Gasteiger partial charge in [-0.25, -0.2) is 0 Å². The Kier molecular flexibility index (Phi) is 7.95. The number of guanidine groups is 1. The van der Waals surface area contributed by atoms with Gasteiger partial charge in [0.25, 0.3) is 0 Å². The maximum absolute atomic E-state index is 11.9. The number of hydrogen-bond acceptors (Lipinski definition) is 3. The van der Waals surface area contributed by atoms with Crippen LogP contribution in [0, 0.1) is 0 Å². The number of rotatable bonds is 6. The summed E-state index contributed by atoms with van der Waals surface area (Å²) in [6, 6.07) is 10.4. The molecule has 2 aliphatic rings. The lowest BCUT2D eigenvalue weighted by molar-refractivity contribution is -0.119. The van der Waals surface area contributed by atoms with Gasteiger partial charge in [-0.05, 0) is 31.2 Å². The smallest absolute Gasteiger partial charge is 0.239 e. The molecular formula is C18H27IN4O2. The van der Waals surface area contributed by atoms with Crippen molar-refractivity contribution in [3.8, 4) is 0 Å². The lowest BCUT2D eigenvalue weighted by Gasteiger charge is -2.22. The third-order valence-electron chi connectivity index (χ3n) is 4.65. The zero-order valence-electron chi connectivity index (χ0n) is 14.5. The van der Waals surface area contributed by atoms with Crippen LogP contribution in [-0.2, 0) is 16.0 Å². The second-order valence-electron chi connectivity index (χ2n) is 6.37. The molecule has 6 nitrogen and oxygen atoms in total. The number of aliphatic imine (C=N–C) groups is 1. The van der Waals surface area contributed by atoms with Crippen LogP contribution in [0.2, 0.25) is 0 Å². The van der Waals surface area contributed by atoms with Gasteiger partial charge in [0.1, 0.15) is 0 Å². The Morgan fingerprint density at radius 2 is 2.04 bits per heavy atom. The van der Waals surface area contributed by atoms with E-state index in [0.717, 1.165) is 19.3 Å². The van der Waals surface area contributed by atoms with Gasteiger partial charge < -0.3 is 20.7 Å². The molecule has 2 aliphatic heterocycles. The van der Waals surface area contributed by atoms with Gasteiger partial charge in [0.2, 0.25) is 5.91 Å². The van der Waals surface area contributed by atoms with E-state index in [1.165, 1.54) is 12.0 Å². The number of nitrogens with zero attached hydrogens (tertiary/aromatic N) is 1. The van der Waals surface area contributed by atoms with Gasteiger partial charge >= 0.3 is 0 Å². The van der Waals surface area contributed by atoms with Crippen LogP contribution in [0.5, 0.6) is 0 Å². The second kappa shape index (κ2) is 9.96. The summed E-state index contributed by atoms with van der Waals surface area (Å²) in [6.45, 7) is 0.854. The van der Waals surface area contributed by atoms with Crippen molar-refractivity contribution in [2.75, 3.05) is 20.1 Å². The molecule has 2 saturated heterocycles. The first kappa shape index (κ1) is 20.0. The van der Waals surface area contributed by atoms with Crippen molar-refractivity contribution in [3.63, 3.8) is 0 Å². The number of nitrogens with one attached hydrogen (secondary N) is 3. The maximum atomic E-state index is 11.9. The van der Waals surface area contributed by atoms with E-state index in [1.54, 1.807) is 7.05 Å². The van der Waals surface area contributed by atoms with Crippen molar-refractivity contribution in [1.29, 1.82) is 0 Å². The molecule has 1 aromatic rings. The lowest BCUT2D eigenvalue weighted by Crippen LogP contribution is -2.49. The number of halogens is 1. The summed E-state index contributed by atoms with van der Waals surface area (Å²) >= 11 is 0. The first-order valence-corrected chi connectivity index (χ1v) is 8.68. The van der Waals surface area contributed by atoms with Crippen molar-refractivity contribution in [2.45, 2.75) is 43.9 Å². The van der Waals surface area contributed by atoms with E-state index in [0.29, 0.717) is 24.7 Å². The molecule has 0 aliphatic carbocycles. The summed E-state index contributed by atoms with van der Waals surface area (Å²) in [5.41, 5.74) is 1.22. The molecule has 2 bridgehead atoms. The quantitative estimate of drug-likeness (QED) is 0.343. The van der Waals surface area contributed by atoms with Crippen LogP contribution in [0.15, 0.2) is 35.3 Å². The van der Waals surface area contributed by atoms with Crippen LogP contribution in [0.25, 0.3) is 0 Å². The van der Waals surface area contributed by atoms with E-state index in [9.17, 15) is 4.79 Å². The summed E-state index contributed by atoms with van der Waals surface area (Å²) in [7, 11) is 1.72. The molecule has 3 atom stereocenters. The molecule has 7 heteroatoms. The Morgan fingerprint density at radius 1 is 1.24 bits per heavy atom. The summed E-state index contributed by atoms with van der Waals surface area (Å²) in [6.07, 6.45) is 4.81. The van der Waals surface area contributed by atoms with Crippen molar-refractivity contribution in [2.24, 2.45) is 4.99 Å². The highest BCUT2D eigenvalue weighted by Gasteiger charge is 2.41. The molecule has 3 N–H and O–H groups in total. The molecule has 3 unspecified atom stereocenters. The molecule has 0 aromatic heterocycles. The number of carbonyl (C=O) groups is 1. The highest BCUT2D eigenvalue weighted by atomic mass is 127. The number of benzene rings is 1. The fraction of sp³-hybridized carbons (Fsp3) is 0.556. The Labute approximate surface area is 166 Å². The molecular weight excluding hydrogens is 431 g/mol. The third-order valence-corrected chi connectivity index (χ3v) is 4.65. The molecule has 0 saturated carbocycles. The van der Waals surface area contributed by atoms with Crippen molar-refractivity contribution in [3.05, 3.63) is 35.9 Å². The van der Waals surface area contributed by atoms with Gasteiger partial charge in [-0.2, -0.15) is 0 Å². The minimum Gasteiger partial charge on any atom is -0.373 e. The zero-order valence-corrected chi connectivity index (χ0v) is 16.9. The lowest BCUT2D eigenvalue weighted by atomic mass is 9.96. The first-order valence-electron chi connectivity index (χ1n) is 8.68. The average Bonchev–Trinajstić information content (AvgIpc) is 3.22. The minimum absolute atomic E-state index is 0. The Bertz CT molecular complexity index is 582. The number of hydrogen-bond donors (Lipinski definition) is 3. The van der Waals surface area contributed by atoms with E-state index in [-0.39, 0.29) is 42.5 Å². The third kappa shape index (κ3) is 5.85. The topological polar surface area (TPSA) is 74.8 Å². The van der Waals surface area contributed by atoms with E-state index >= 15 is 0 Å². The Morgan fingerprint density at radius 3 is 2.68 bits per heavy atom. The van der Waals surface area contributed by atoms with E-state index in [2.05, 4.69) is 33.1 Å². The van der Waals surface area contributed by atoms with Gasteiger partial charge in [-0.1, -0.05) is 30.3 Å². The van der Waals surface area contributed by atoms with Crippen LogP contribution in [0.4, 0.5) is 0 Å². The molecule has 1 amide bonds. The SMILES string of the molecule is CN=C(NCC(=O)NCCc1ccccc1)NC1CC2CCC1O2.I. The van der Waals surface area contributed by atoms with Crippen molar-refractivity contribution in [1.82, 2.24) is 16.0 Å². The van der Waals surface area contributed by atoms with Crippen LogP contribution in [-0.4, -0.2) is 50.3 Å². The van der Waals surface area contributed by atoms with E-state index in [4.69, 9.17) is 4.74 Å². The summed E-state index contributed by atoms with van der Waals surface area (Å²) in [4.78, 5) is 16.1. The molecule has 138 valence electrons. The molecule has 2 fully saturated rings. The predicted octanol–water partition coefficient (Wildman–Crippen LogP) is 1.45. The Balaban J connectivity index is 0.00000225. The van der Waals surface area contributed by atoms with Gasteiger partial charge in [0, 0.05) is 13.6 Å². The predicted molar refractivity (Wildman–Crippen MR) is 109 cm³/mol. The van der Waals surface area contributed by atoms with Gasteiger partial charge in [-0.3, -0.25) is 9.79 Å². The number of carbonyl (C=O) groups excluding carboxylic acids is 1. The highest BCUT2D eigenvalue weighted by Crippen LogP contribution is 2.34. The largest absolute Gasteiger partial charge is 0.373 e. The summed E-state index contributed by atoms with van der Waals surface area (Å²) in [5, 5.41) is 9.37. The number of fused-ring (bicyclic) bond motifs is 2. The standard InChI is InChI=1S/C18H26N4O2.HI/c1-19-18(22-15-11-14-7-8-16(15)24-14)21-12-17(23)20-10-9-13-5-3-2-4-6-13;/h2-6,14-16H,7-12H2,1H3,(H,20,23)(H2,19,21,22);1H. The molecule has 1 aromatic carbocycles. The summed E-state index contributed by atoms with van der Waals surface area (Å²) in [5.74, 6) is 0.632. The molecule has 2 heterocycles. The molecule has 0 radical (unpaired) electrons. The zero-order chi connectivity index (χ0) is 16.8. The van der Waals surface area contributed by atoms with E-state index in [1.807, 2.05) is 18.2 Å². The maximum Gasteiger partial charge on any atom is 0.239 e. The van der Waals surface area contributed by atoms with Gasteiger partial charge in [0.15, 0.2) is 5.96 Å². The molecule has 0 spiro atoms. The van der Waals surface area contributed by atoms with Gasteiger partial charge in [-0.15, -0.1) is 24.0 Å².